The molecule has 34 heavy (non-hydrogen) atoms. The van der Waals surface area contributed by atoms with Gasteiger partial charge in [-0.25, -0.2) is 15.0 Å². The predicted molar refractivity (Wildman–Crippen MR) is 136 cm³/mol. The van der Waals surface area contributed by atoms with E-state index in [9.17, 15) is 4.79 Å². The summed E-state index contributed by atoms with van der Waals surface area (Å²) >= 11 is 2.90. The van der Waals surface area contributed by atoms with Gasteiger partial charge in [0.15, 0.2) is 11.0 Å². The van der Waals surface area contributed by atoms with Crippen LogP contribution in [0.1, 0.15) is 5.69 Å². The molecule has 0 fully saturated rings. The van der Waals surface area contributed by atoms with Gasteiger partial charge in [-0.2, -0.15) is 0 Å². The quantitative estimate of drug-likeness (QED) is 0.300. The summed E-state index contributed by atoms with van der Waals surface area (Å²) in [6, 6.07) is 19.7. The number of amides is 1. The second-order valence-electron chi connectivity index (χ2n) is 7.48. The maximum atomic E-state index is 12.6. The Labute approximate surface area is 204 Å². The summed E-state index contributed by atoms with van der Waals surface area (Å²) in [5.41, 5.74) is 3.51. The van der Waals surface area contributed by atoms with Crippen LogP contribution in [-0.4, -0.2) is 31.2 Å². The fourth-order valence-electron chi connectivity index (χ4n) is 3.39. The van der Waals surface area contributed by atoms with Crippen molar-refractivity contribution < 1.29 is 9.21 Å². The summed E-state index contributed by atoms with van der Waals surface area (Å²) in [6.07, 6.45) is 5.29. The standard InChI is InChI=1S/C25H21N5O2S2/c1-30-13-12-26-23(30)22-21(17-8-4-2-5-9-17)29-25(34-22)28-20(31)16-33-15-19-14-32-24(27-19)18-10-6-3-7-11-18/h2-14H,15-16H2,1H3,(H,28,29,31). The number of aryl methyl sites for hydroxylation is 1. The van der Waals surface area contributed by atoms with Crippen LogP contribution in [0.4, 0.5) is 5.13 Å². The molecule has 1 amide bonds. The van der Waals surface area contributed by atoms with Gasteiger partial charge in [0.1, 0.15) is 6.26 Å². The first kappa shape index (κ1) is 22.1. The summed E-state index contributed by atoms with van der Waals surface area (Å²) in [6.45, 7) is 0. The molecule has 9 heteroatoms. The lowest BCUT2D eigenvalue weighted by atomic mass is 10.1. The third kappa shape index (κ3) is 4.95. The van der Waals surface area contributed by atoms with E-state index in [1.807, 2.05) is 78.5 Å². The Bertz CT molecular complexity index is 1390. The second kappa shape index (κ2) is 10.1. The summed E-state index contributed by atoms with van der Waals surface area (Å²) in [5, 5.41) is 3.49. The number of carbonyl (C=O) groups is 1. The van der Waals surface area contributed by atoms with E-state index in [-0.39, 0.29) is 11.7 Å². The number of aromatic nitrogens is 4. The SMILES string of the molecule is Cn1ccnc1-c1sc(NC(=O)CSCc2coc(-c3ccccc3)n2)nc1-c1ccccc1. The Balaban J connectivity index is 1.24. The summed E-state index contributed by atoms with van der Waals surface area (Å²) in [4.78, 5) is 27.2. The highest BCUT2D eigenvalue weighted by Crippen LogP contribution is 2.38. The fraction of sp³-hybridized carbons (Fsp3) is 0.120. The molecular formula is C25H21N5O2S2. The van der Waals surface area contributed by atoms with Crippen LogP contribution in [0.15, 0.2) is 83.7 Å². The monoisotopic (exact) mass is 487 g/mol. The highest BCUT2D eigenvalue weighted by Gasteiger charge is 2.19. The number of rotatable bonds is 8. The molecule has 3 aromatic heterocycles. The molecule has 0 spiro atoms. The van der Waals surface area contributed by atoms with E-state index >= 15 is 0 Å². The minimum absolute atomic E-state index is 0.114. The molecule has 0 saturated heterocycles. The van der Waals surface area contributed by atoms with Crippen molar-refractivity contribution in [1.82, 2.24) is 19.5 Å². The first-order valence-corrected chi connectivity index (χ1v) is 12.6. The van der Waals surface area contributed by atoms with Crippen LogP contribution < -0.4 is 5.32 Å². The Morgan fingerprint density at radius 2 is 1.79 bits per heavy atom. The molecule has 0 aliphatic carbocycles. The minimum Gasteiger partial charge on any atom is -0.444 e. The van der Waals surface area contributed by atoms with Crippen molar-refractivity contribution in [3.8, 4) is 33.4 Å². The fourth-order valence-corrected chi connectivity index (χ4v) is 5.14. The largest absolute Gasteiger partial charge is 0.444 e. The molecule has 0 unspecified atom stereocenters. The van der Waals surface area contributed by atoms with Gasteiger partial charge in [0.2, 0.25) is 11.8 Å². The van der Waals surface area contributed by atoms with Gasteiger partial charge >= 0.3 is 0 Å². The average Bonchev–Trinajstić information content (AvgIpc) is 3.60. The van der Waals surface area contributed by atoms with Crippen molar-refractivity contribution in [2.75, 3.05) is 11.1 Å². The number of oxazole rings is 1. The molecular weight excluding hydrogens is 466 g/mol. The lowest BCUT2D eigenvalue weighted by Crippen LogP contribution is -2.14. The number of hydrogen-bond acceptors (Lipinski definition) is 7. The first-order chi connectivity index (χ1) is 16.7. The molecule has 0 aliphatic rings. The molecule has 5 rings (SSSR count). The first-order valence-electron chi connectivity index (χ1n) is 10.6. The number of hydrogen-bond donors (Lipinski definition) is 1. The van der Waals surface area contributed by atoms with Crippen molar-refractivity contribution in [2.24, 2.45) is 7.05 Å². The van der Waals surface area contributed by atoms with E-state index in [0.29, 0.717) is 16.8 Å². The molecule has 7 nitrogen and oxygen atoms in total. The van der Waals surface area contributed by atoms with Gasteiger partial charge < -0.3 is 14.3 Å². The third-order valence-electron chi connectivity index (χ3n) is 5.00. The number of carbonyl (C=O) groups excluding carboxylic acids is 1. The van der Waals surface area contributed by atoms with Crippen LogP contribution in [0.5, 0.6) is 0 Å². The van der Waals surface area contributed by atoms with Crippen molar-refractivity contribution in [1.29, 1.82) is 0 Å². The Hall–Kier alpha value is -3.69. The molecule has 0 aliphatic heterocycles. The number of thioether (sulfide) groups is 1. The van der Waals surface area contributed by atoms with E-state index in [1.165, 1.54) is 23.1 Å². The van der Waals surface area contributed by atoms with Crippen molar-refractivity contribution in [3.05, 3.63) is 85.0 Å². The zero-order valence-electron chi connectivity index (χ0n) is 18.3. The summed E-state index contributed by atoms with van der Waals surface area (Å²) in [7, 11) is 1.94. The van der Waals surface area contributed by atoms with E-state index in [1.54, 1.807) is 12.5 Å². The zero-order chi connectivity index (χ0) is 23.3. The van der Waals surface area contributed by atoms with Gasteiger partial charge in [0.25, 0.3) is 0 Å². The summed E-state index contributed by atoms with van der Waals surface area (Å²) in [5.74, 6) is 2.14. The maximum absolute atomic E-state index is 12.6. The van der Waals surface area contributed by atoms with Gasteiger partial charge in [-0.1, -0.05) is 59.9 Å². The van der Waals surface area contributed by atoms with Crippen LogP contribution in [0, 0.1) is 0 Å². The molecule has 0 saturated carbocycles. The normalized spacial score (nSPS) is 11.0. The lowest BCUT2D eigenvalue weighted by Gasteiger charge is -2.02. The van der Waals surface area contributed by atoms with Crippen molar-refractivity contribution in [2.45, 2.75) is 5.75 Å². The Morgan fingerprint density at radius 1 is 1.06 bits per heavy atom. The van der Waals surface area contributed by atoms with E-state index in [4.69, 9.17) is 9.40 Å². The van der Waals surface area contributed by atoms with Crippen LogP contribution >= 0.6 is 23.1 Å². The van der Waals surface area contributed by atoms with Crippen LogP contribution in [0.2, 0.25) is 0 Å². The van der Waals surface area contributed by atoms with Gasteiger partial charge in [-0.15, -0.1) is 11.8 Å². The molecule has 3 heterocycles. The number of benzene rings is 2. The van der Waals surface area contributed by atoms with Gasteiger partial charge in [-0.05, 0) is 12.1 Å². The number of anilines is 1. The topological polar surface area (TPSA) is 85.8 Å². The Kier molecular flexibility index (Phi) is 6.55. The van der Waals surface area contributed by atoms with E-state index < -0.39 is 0 Å². The molecule has 0 atom stereocenters. The second-order valence-corrected chi connectivity index (χ2v) is 9.46. The molecule has 170 valence electrons. The van der Waals surface area contributed by atoms with Crippen LogP contribution in [0.25, 0.3) is 33.4 Å². The highest BCUT2D eigenvalue weighted by molar-refractivity contribution is 7.99. The smallest absolute Gasteiger partial charge is 0.236 e. The number of nitrogens with one attached hydrogen (secondary N) is 1. The van der Waals surface area contributed by atoms with Gasteiger partial charge in [0, 0.05) is 36.3 Å². The predicted octanol–water partition coefficient (Wildman–Crippen LogP) is 5.74. The van der Waals surface area contributed by atoms with Crippen LogP contribution in [0.3, 0.4) is 0 Å². The Morgan fingerprint density at radius 3 is 2.50 bits per heavy atom. The van der Waals surface area contributed by atoms with Crippen LogP contribution in [-0.2, 0) is 17.6 Å². The van der Waals surface area contributed by atoms with E-state index in [2.05, 4.69) is 15.3 Å². The number of imidazole rings is 1. The number of nitrogens with zero attached hydrogens (tertiary/aromatic N) is 4. The minimum atomic E-state index is -0.114. The lowest BCUT2D eigenvalue weighted by molar-refractivity contribution is -0.113. The summed E-state index contributed by atoms with van der Waals surface area (Å²) < 4.78 is 7.51. The molecule has 5 aromatic rings. The van der Waals surface area contributed by atoms with Crippen molar-refractivity contribution >= 4 is 34.1 Å². The number of thiazole rings is 1. The average molecular weight is 488 g/mol. The molecule has 0 bridgehead atoms. The van der Waals surface area contributed by atoms with Crippen molar-refractivity contribution in [3.63, 3.8) is 0 Å². The van der Waals surface area contributed by atoms with Gasteiger partial charge in [-0.3, -0.25) is 4.79 Å². The zero-order valence-corrected chi connectivity index (χ0v) is 20.0. The molecule has 0 radical (unpaired) electrons. The molecule has 2 aromatic carbocycles. The maximum Gasteiger partial charge on any atom is 0.236 e. The van der Waals surface area contributed by atoms with Gasteiger partial charge in [0.05, 0.1) is 22.0 Å². The molecule has 1 N–H and O–H groups in total. The van der Waals surface area contributed by atoms with E-state index in [0.717, 1.165) is 33.2 Å². The highest BCUT2D eigenvalue weighted by atomic mass is 32.2. The third-order valence-corrected chi connectivity index (χ3v) is 6.93.